The fourth-order valence-corrected chi connectivity index (χ4v) is 3.67. The van der Waals surface area contributed by atoms with Crippen LogP contribution < -0.4 is 0 Å². The van der Waals surface area contributed by atoms with Crippen LogP contribution >= 0.6 is 11.8 Å². The Morgan fingerprint density at radius 1 is 1.32 bits per heavy atom. The van der Waals surface area contributed by atoms with Gasteiger partial charge >= 0.3 is 0 Å². The molecule has 4 rings (SSSR count). The number of aromatic amines is 1. The zero-order chi connectivity index (χ0) is 17.2. The van der Waals surface area contributed by atoms with Gasteiger partial charge in [0.25, 0.3) is 0 Å². The van der Waals surface area contributed by atoms with E-state index in [1.807, 2.05) is 29.2 Å². The summed E-state index contributed by atoms with van der Waals surface area (Å²) in [4.78, 5) is 22.3. The van der Waals surface area contributed by atoms with E-state index >= 15 is 0 Å². The lowest BCUT2D eigenvalue weighted by Gasteiger charge is -2.21. The number of hydrogen-bond acceptors (Lipinski definition) is 5. The van der Waals surface area contributed by atoms with Crippen LogP contribution in [0.25, 0.3) is 22.1 Å². The Hall–Kier alpha value is -2.15. The maximum atomic E-state index is 12.5. The number of H-pyrrole nitrogens is 1. The first kappa shape index (κ1) is 16.3. The molecule has 0 saturated heterocycles. The molecule has 130 valence electrons. The monoisotopic (exact) mass is 355 g/mol. The molecule has 7 heteroatoms. The van der Waals surface area contributed by atoms with Crippen LogP contribution in [0.1, 0.15) is 26.2 Å². The Kier molecular flexibility index (Phi) is 4.57. The molecule has 0 unspecified atom stereocenters. The third kappa shape index (κ3) is 3.61. The number of thioether (sulfide) groups is 1. The van der Waals surface area contributed by atoms with E-state index in [4.69, 9.17) is 0 Å². The Bertz CT molecular complexity index is 905. The molecule has 0 aliphatic heterocycles. The van der Waals surface area contributed by atoms with E-state index < -0.39 is 0 Å². The van der Waals surface area contributed by atoms with Crippen molar-refractivity contribution in [2.75, 3.05) is 18.8 Å². The minimum atomic E-state index is 0.166. The third-order valence-electron chi connectivity index (χ3n) is 4.45. The Morgan fingerprint density at radius 2 is 2.16 bits per heavy atom. The molecule has 2 heterocycles. The molecule has 1 N–H and O–H groups in total. The van der Waals surface area contributed by atoms with Crippen LogP contribution in [0.4, 0.5) is 0 Å². The smallest absolute Gasteiger partial charge is 0.233 e. The molecule has 6 nitrogen and oxygen atoms in total. The van der Waals surface area contributed by atoms with Crippen molar-refractivity contribution in [2.24, 2.45) is 5.92 Å². The fraction of sp³-hybridized carbons (Fsp3) is 0.444. The van der Waals surface area contributed by atoms with E-state index in [-0.39, 0.29) is 5.91 Å². The van der Waals surface area contributed by atoms with Crippen molar-refractivity contribution in [3.05, 3.63) is 24.3 Å². The van der Waals surface area contributed by atoms with Crippen molar-refractivity contribution in [3.63, 3.8) is 0 Å². The van der Waals surface area contributed by atoms with Crippen molar-refractivity contribution >= 4 is 39.7 Å². The van der Waals surface area contributed by atoms with Gasteiger partial charge in [0.1, 0.15) is 5.52 Å². The lowest BCUT2D eigenvalue weighted by atomic mass is 10.2. The predicted octanol–water partition coefficient (Wildman–Crippen LogP) is 3.25. The molecule has 1 aliphatic carbocycles. The number of rotatable bonds is 7. The van der Waals surface area contributed by atoms with E-state index in [9.17, 15) is 4.79 Å². The van der Waals surface area contributed by atoms with Gasteiger partial charge in [-0.05, 0) is 31.2 Å². The van der Waals surface area contributed by atoms with E-state index in [0.717, 1.165) is 41.6 Å². The van der Waals surface area contributed by atoms with Gasteiger partial charge in [-0.25, -0.2) is 4.98 Å². The summed E-state index contributed by atoms with van der Waals surface area (Å²) in [6, 6.07) is 7.94. The number of fused-ring (bicyclic) bond motifs is 3. The van der Waals surface area contributed by atoms with Gasteiger partial charge in [-0.2, -0.15) is 0 Å². The number of aromatic nitrogens is 4. The highest BCUT2D eigenvalue weighted by molar-refractivity contribution is 7.99. The van der Waals surface area contributed by atoms with Crippen LogP contribution in [0.5, 0.6) is 0 Å². The molecule has 1 aromatic carbocycles. The minimum absolute atomic E-state index is 0.166. The van der Waals surface area contributed by atoms with Gasteiger partial charge in [0.15, 0.2) is 5.65 Å². The van der Waals surface area contributed by atoms with Crippen molar-refractivity contribution in [3.8, 4) is 0 Å². The average Bonchev–Trinajstić information content (AvgIpc) is 3.37. The largest absolute Gasteiger partial charge is 0.342 e. The molecule has 0 atom stereocenters. The van der Waals surface area contributed by atoms with E-state index in [0.29, 0.717) is 16.8 Å². The van der Waals surface area contributed by atoms with Gasteiger partial charge in [0.2, 0.25) is 11.1 Å². The van der Waals surface area contributed by atoms with Crippen LogP contribution in [-0.2, 0) is 4.79 Å². The van der Waals surface area contributed by atoms with Crippen LogP contribution in [0, 0.1) is 5.92 Å². The lowest BCUT2D eigenvalue weighted by molar-refractivity contribution is -0.128. The van der Waals surface area contributed by atoms with Crippen LogP contribution in [0.15, 0.2) is 29.4 Å². The molecule has 1 aliphatic rings. The highest BCUT2D eigenvalue weighted by Crippen LogP contribution is 2.30. The Labute approximate surface area is 150 Å². The molecular formula is C18H21N5OS. The SMILES string of the molecule is CCCN(CC1CC1)C(=O)CSc1nnc2c(n1)[nH]c1ccccc12. The minimum Gasteiger partial charge on any atom is -0.342 e. The average molecular weight is 355 g/mol. The molecule has 0 radical (unpaired) electrons. The number of carbonyl (C=O) groups excluding carboxylic acids is 1. The van der Waals surface area contributed by atoms with Gasteiger partial charge in [-0.1, -0.05) is 36.9 Å². The number of hydrogen-bond donors (Lipinski definition) is 1. The molecular weight excluding hydrogens is 334 g/mol. The summed E-state index contributed by atoms with van der Waals surface area (Å²) in [6.45, 7) is 3.83. The summed E-state index contributed by atoms with van der Waals surface area (Å²) in [5, 5.41) is 10.0. The van der Waals surface area contributed by atoms with Crippen LogP contribution in [0.2, 0.25) is 0 Å². The van der Waals surface area contributed by atoms with Crippen molar-refractivity contribution in [1.29, 1.82) is 0 Å². The van der Waals surface area contributed by atoms with Gasteiger partial charge in [0, 0.05) is 24.0 Å². The summed E-state index contributed by atoms with van der Waals surface area (Å²) in [6.07, 6.45) is 3.50. The number of carbonyl (C=O) groups is 1. The Balaban J connectivity index is 1.46. The third-order valence-corrected chi connectivity index (χ3v) is 5.27. The number of nitrogens with zero attached hydrogens (tertiary/aromatic N) is 4. The highest BCUT2D eigenvalue weighted by Gasteiger charge is 2.26. The molecule has 1 saturated carbocycles. The van der Waals surface area contributed by atoms with Crippen molar-refractivity contribution in [1.82, 2.24) is 25.1 Å². The predicted molar refractivity (Wildman–Crippen MR) is 99.5 cm³/mol. The molecule has 1 amide bonds. The van der Waals surface area contributed by atoms with E-state index in [1.165, 1.54) is 24.6 Å². The van der Waals surface area contributed by atoms with Crippen LogP contribution in [0.3, 0.4) is 0 Å². The summed E-state index contributed by atoms with van der Waals surface area (Å²) in [5.74, 6) is 1.24. The van der Waals surface area contributed by atoms with Crippen molar-refractivity contribution in [2.45, 2.75) is 31.3 Å². The topological polar surface area (TPSA) is 74.8 Å². The molecule has 1 fully saturated rings. The quantitative estimate of drug-likeness (QED) is 0.659. The maximum Gasteiger partial charge on any atom is 0.233 e. The molecule has 3 aromatic rings. The second-order valence-electron chi connectivity index (χ2n) is 6.53. The summed E-state index contributed by atoms with van der Waals surface area (Å²) in [5.41, 5.74) is 2.48. The maximum absolute atomic E-state index is 12.5. The molecule has 2 aromatic heterocycles. The zero-order valence-electron chi connectivity index (χ0n) is 14.2. The lowest BCUT2D eigenvalue weighted by Crippen LogP contribution is -2.34. The van der Waals surface area contributed by atoms with Gasteiger partial charge in [0.05, 0.1) is 5.75 Å². The summed E-state index contributed by atoms with van der Waals surface area (Å²) in [7, 11) is 0. The van der Waals surface area contributed by atoms with Gasteiger partial charge in [-0.3, -0.25) is 4.79 Å². The first-order valence-corrected chi connectivity index (χ1v) is 9.75. The highest BCUT2D eigenvalue weighted by atomic mass is 32.2. The van der Waals surface area contributed by atoms with Gasteiger partial charge in [-0.15, -0.1) is 10.2 Å². The molecule has 0 spiro atoms. The number of para-hydroxylation sites is 1. The number of nitrogens with one attached hydrogen (secondary N) is 1. The van der Waals surface area contributed by atoms with E-state index in [1.54, 1.807) is 0 Å². The first-order valence-electron chi connectivity index (χ1n) is 8.76. The second-order valence-corrected chi connectivity index (χ2v) is 7.48. The molecule has 0 bridgehead atoms. The summed E-state index contributed by atoms with van der Waals surface area (Å²) >= 11 is 1.36. The zero-order valence-corrected chi connectivity index (χ0v) is 15.1. The van der Waals surface area contributed by atoms with Gasteiger partial charge < -0.3 is 9.88 Å². The Morgan fingerprint density at radius 3 is 2.96 bits per heavy atom. The number of amides is 1. The van der Waals surface area contributed by atoms with Crippen molar-refractivity contribution < 1.29 is 4.79 Å². The van der Waals surface area contributed by atoms with E-state index in [2.05, 4.69) is 27.1 Å². The standard InChI is InChI=1S/C18H21N5OS/c1-2-9-23(10-12-7-8-12)15(24)11-25-18-20-17-16(21-22-18)13-5-3-4-6-14(13)19-17/h3-6,12H,2,7-11H2,1H3,(H,19,20,22). The first-order chi connectivity index (χ1) is 12.2. The van der Waals surface area contributed by atoms with Crippen LogP contribution in [-0.4, -0.2) is 49.8 Å². The summed E-state index contributed by atoms with van der Waals surface area (Å²) < 4.78 is 0. The normalized spacial score (nSPS) is 14.3. The second kappa shape index (κ2) is 7.00. The molecule has 25 heavy (non-hydrogen) atoms. The number of benzene rings is 1. The fourth-order valence-electron chi connectivity index (χ4n) is 2.98.